The third-order valence-corrected chi connectivity index (χ3v) is 4.90. The Morgan fingerprint density at radius 3 is 2.57 bits per heavy atom. The number of nitrogens with two attached hydrogens (primary N) is 1. The molecule has 0 heterocycles. The molecule has 0 unspecified atom stereocenters. The van der Waals surface area contributed by atoms with Gasteiger partial charge in [0.1, 0.15) is 4.90 Å². The fraction of sp³-hybridized carbons (Fsp3) is 0.417. The summed E-state index contributed by atoms with van der Waals surface area (Å²) in [6.07, 6.45) is 0. The number of nitrogen functional groups attached to an aromatic ring is 1. The lowest BCUT2D eigenvalue weighted by molar-refractivity contribution is -0.121. The summed E-state index contributed by atoms with van der Waals surface area (Å²) in [5, 5.41) is 2.56. The van der Waals surface area contributed by atoms with Crippen LogP contribution in [0.5, 0.6) is 0 Å². The molecule has 118 valence electrons. The predicted octanol–water partition coefficient (Wildman–Crippen LogP) is 1.32. The number of nitrogens with one attached hydrogen (secondary N) is 1. The molecular weight excluding hydrogens is 365 g/mol. The number of halogens is 2. The Balaban J connectivity index is 3.09. The van der Waals surface area contributed by atoms with E-state index in [9.17, 15) is 17.6 Å². The number of anilines is 1. The summed E-state index contributed by atoms with van der Waals surface area (Å²) in [5.41, 5.74) is 5.63. The van der Waals surface area contributed by atoms with Gasteiger partial charge in [0.2, 0.25) is 15.9 Å². The van der Waals surface area contributed by atoms with Gasteiger partial charge in [-0.25, -0.2) is 12.8 Å². The van der Waals surface area contributed by atoms with Gasteiger partial charge in [0.05, 0.1) is 11.0 Å². The third kappa shape index (κ3) is 4.39. The lowest BCUT2D eigenvalue weighted by Gasteiger charge is -2.18. The van der Waals surface area contributed by atoms with Crippen molar-refractivity contribution < 1.29 is 17.6 Å². The van der Waals surface area contributed by atoms with Crippen molar-refractivity contribution in [3.8, 4) is 0 Å². The second kappa shape index (κ2) is 6.71. The zero-order chi connectivity index (χ0) is 16.4. The van der Waals surface area contributed by atoms with Crippen LogP contribution in [0.15, 0.2) is 21.5 Å². The first-order valence-electron chi connectivity index (χ1n) is 6.06. The maximum Gasteiger partial charge on any atom is 0.246 e. The summed E-state index contributed by atoms with van der Waals surface area (Å²) in [6.45, 7) is 3.09. The molecular formula is C12H17BrFN3O3S. The quantitative estimate of drug-likeness (QED) is 0.752. The van der Waals surface area contributed by atoms with E-state index in [0.29, 0.717) is 0 Å². The number of hydrogen-bond donors (Lipinski definition) is 2. The Morgan fingerprint density at radius 2 is 2.05 bits per heavy atom. The minimum atomic E-state index is -4.16. The normalized spacial score (nSPS) is 12.0. The van der Waals surface area contributed by atoms with Crippen molar-refractivity contribution in [3.05, 3.63) is 22.4 Å². The van der Waals surface area contributed by atoms with Crippen LogP contribution in [0.1, 0.15) is 13.8 Å². The van der Waals surface area contributed by atoms with E-state index >= 15 is 0 Å². The largest absolute Gasteiger partial charge is 0.399 e. The molecule has 1 amide bonds. The van der Waals surface area contributed by atoms with E-state index < -0.39 is 33.2 Å². The Bertz CT molecular complexity index is 649. The number of sulfonamides is 1. The second-order valence-corrected chi connectivity index (χ2v) is 7.67. The van der Waals surface area contributed by atoms with Gasteiger partial charge in [-0.05, 0) is 41.9 Å². The van der Waals surface area contributed by atoms with Gasteiger partial charge in [0.25, 0.3) is 0 Å². The lowest BCUT2D eigenvalue weighted by Crippen LogP contribution is -2.41. The van der Waals surface area contributed by atoms with Crippen LogP contribution < -0.4 is 11.1 Å². The molecule has 0 aliphatic carbocycles. The number of likely N-dealkylation sites (N-methyl/N-ethyl adjacent to an activating group) is 1. The molecule has 0 bridgehead atoms. The maximum atomic E-state index is 14.0. The predicted molar refractivity (Wildman–Crippen MR) is 81.6 cm³/mol. The maximum absolute atomic E-state index is 14.0. The molecule has 0 aliphatic heterocycles. The monoisotopic (exact) mass is 381 g/mol. The number of amides is 1. The van der Waals surface area contributed by atoms with Crippen molar-refractivity contribution in [2.45, 2.75) is 24.8 Å². The number of benzene rings is 1. The van der Waals surface area contributed by atoms with Gasteiger partial charge in [0, 0.05) is 18.8 Å². The molecule has 0 radical (unpaired) electrons. The molecule has 0 atom stereocenters. The number of carbonyl (C=O) groups excluding carboxylic acids is 1. The highest BCUT2D eigenvalue weighted by atomic mass is 79.9. The minimum absolute atomic E-state index is 0.0545. The molecule has 0 aromatic heterocycles. The zero-order valence-electron chi connectivity index (χ0n) is 11.9. The zero-order valence-corrected chi connectivity index (χ0v) is 14.3. The summed E-state index contributed by atoms with van der Waals surface area (Å²) < 4.78 is 39.3. The molecule has 0 saturated carbocycles. The Hall–Kier alpha value is -1.19. The van der Waals surface area contributed by atoms with Gasteiger partial charge in [0.15, 0.2) is 5.82 Å². The van der Waals surface area contributed by atoms with Crippen molar-refractivity contribution in [1.29, 1.82) is 0 Å². The van der Waals surface area contributed by atoms with E-state index in [2.05, 4.69) is 21.2 Å². The molecule has 0 aliphatic rings. The van der Waals surface area contributed by atoms with Crippen LogP contribution >= 0.6 is 15.9 Å². The first kappa shape index (κ1) is 17.9. The van der Waals surface area contributed by atoms with Crippen molar-refractivity contribution >= 4 is 37.5 Å². The highest BCUT2D eigenvalue weighted by molar-refractivity contribution is 9.10. The second-order valence-electron chi connectivity index (χ2n) is 4.80. The minimum Gasteiger partial charge on any atom is -0.399 e. The Kier molecular flexibility index (Phi) is 5.71. The number of rotatable bonds is 5. The number of hydrogen-bond acceptors (Lipinski definition) is 4. The molecule has 0 fully saturated rings. The van der Waals surface area contributed by atoms with Crippen molar-refractivity contribution in [1.82, 2.24) is 9.62 Å². The third-order valence-electron chi connectivity index (χ3n) is 2.52. The van der Waals surface area contributed by atoms with Crippen LogP contribution in [0, 0.1) is 5.82 Å². The van der Waals surface area contributed by atoms with Crippen LogP contribution in [-0.4, -0.2) is 38.3 Å². The van der Waals surface area contributed by atoms with Crippen LogP contribution in [-0.2, 0) is 14.8 Å². The first-order valence-corrected chi connectivity index (χ1v) is 8.29. The van der Waals surface area contributed by atoms with E-state index in [-0.39, 0.29) is 16.2 Å². The summed E-state index contributed by atoms with van der Waals surface area (Å²) in [5.74, 6) is -1.42. The fourth-order valence-electron chi connectivity index (χ4n) is 1.59. The van der Waals surface area contributed by atoms with Crippen LogP contribution in [0.2, 0.25) is 0 Å². The molecule has 1 aromatic carbocycles. The molecule has 3 N–H and O–H groups in total. The van der Waals surface area contributed by atoms with E-state index in [1.165, 1.54) is 13.1 Å². The van der Waals surface area contributed by atoms with Gasteiger partial charge >= 0.3 is 0 Å². The SMILES string of the molecule is CC(C)NC(=O)CN(C)S(=O)(=O)c1cc(N)cc(Br)c1F. The first-order chi connectivity index (χ1) is 9.55. The van der Waals surface area contributed by atoms with E-state index in [4.69, 9.17) is 5.73 Å². The topological polar surface area (TPSA) is 92.5 Å². The fourth-order valence-corrected chi connectivity index (χ4v) is 3.45. The highest BCUT2D eigenvalue weighted by Gasteiger charge is 2.27. The summed E-state index contributed by atoms with van der Waals surface area (Å²) in [7, 11) is -2.96. The number of carbonyl (C=O) groups is 1. The summed E-state index contributed by atoms with van der Waals surface area (Å²) >= 11 is 2.90. The molecule has 0 spiro atoms. The summed E-state index contributed by atoms with van der Waals surface area (Å²) in [4.78, 5) is 11.0. The smallest absolute Gasteiger partial charge is 0.246 e. The van der Waals surface area contributed by atoms with Gasteiger partial charge in [-0.3, -0.25) is 4.79 Å². The average Bonchev–Trinajstić information content (AvgIpc) is 2.32. The van der Waals surface area contributed by atoms with Gasteiger partial charge < -0.3 is 11.1 Å². The van der Waals surface area contributed by atoms with E-state index in [1.54, 1.807) is 13.8 Å². The van der Waals surface area contributed by atoms with Crippen LogP contribution in [0.3, 0.4) is 0 Å². The average molecular weight is 382 g/mol. The molecule has 6 nitrogen and oxygen atoms in total. The van der Waals surface area contributed by atoms with Gasteiger partial charge in [-0.15, -0.1) is 0 Å². The van der Waals surface area contributed by atoms with Crippen molar-refractivity contribution in [2.24, 2.45) is 0 Å². The standard InChI is InChI=1S/C12H17BrFN3O3S/c1-7(2)16-11(18)6-17(3)21(19,20)10-5-8(15)4-9(13)12(10)14/h4-5,7H,6,15H2,1-3H3,(H,16,18). The molecule has 1 rings (SSSR count). The molecule has 9 heteroatoms. The Morgan fingerprint density at radius 1 is 1.48 bits per heavy atom. The molecule has 1 aromatic rings. The number of nitrogens with zero attached hydrogens (tertiary/aromatic N) is 1. The lowest BCUT2D eigenvalue weighted by atomic mass is 10.3. The van der Waals surface area contributed by atoms with E-state index in [1.807, 2.05) is 0 Å². The van der Waals surface area contributed by atoms with Gasteiger partial charge in [-0.1, -0.05) is 0 Å². The van der Waals surface area contributed by atoms with E-state index in [0.717, 1.165) is 10.4 Å². The van der Waals surface area contributed by atoms with Crippen molar-refractivity contribution in [2.75, 3.05) is 19.3 Å². The Labute approximate surface area is 131 Å². The van der Waals surface area contributed by atoms with Crippen molar-refractivity contribution in [3.63, 3.8) is 0 Å². The summed E-state index contributed by atoms with van der Waals surface area (Å²) in [6, 6.07) is 2.17. The molecule has 21 heavy (non-hydrogen) atoms. The van der Waals surface area contributed by atoms with Gasteiger partial charge in [-0.2, -0.15) is 4.31 Å². The highest BCUT2D eigenvalue weighted by Crippen LogP contribution is 2.27. The molecule has 0 saturated heterocycles. The van der Waals surface area contributed by atoms with Crippen LogP contribution in [0.25, 0.3) is 0 Å². The van der Waals surface area contributed by atoms with Crippen LogP contribution in [0.4, 0.5) is 10.1 Å².